The molecule has 1 aliphatic rings. The second kappa shape index (κ2) is 2.90. The van der Waals surface area contributed by atoms with Crippen molar-refractivity contribution in [3.05, 3.63) is 17.5 Å². The molecule has 1 aromatic rings. The van der Waals surface area contributed by atoms with Crippen LogP contribution < -0.4 is 4.90 Å². The van der Waals surface area contributed by atoms with Crippen LogP contribution in [0.15, 0.2) is 12.3 Å². The van der Waals surface area contributed by atoms with Crippen molar-refractivity contribution < 1.29 is 0 Å². The zero-order valence-electron chi connectivity index (χ0n) is 6.87. The van der Waals surface area contributed by atoms with Crippen LogP contribution in [0.1, 0.15) is 12.8 Å². The summed E-state index contributed by atoms with van der Waals surface area (Å²) < 4.78 is 0. The molecule has 0 aromatic carbocycles. The second-order valence-corrected chi connectivity index (χ2v) is 3.36. The van der Waals surface area contributed by atoms with Crippen molar-refractivity contribution in [2.24, 2.45) is 0 Å². The molecular formula is C8H10ClN3. The summed E-state index contributed by atoms with van der Waals surface area (Å²) in [5.74, 6) is 0.914. The van der Waals surface area contributed by atoms with Gasteiger partial charge >= 0.3 is 0 Å². The molecule has 0 saturated heterocycles. The first-order valence-corrected chi connectivity index (χ1v) is 4.36. The van der Waals surface area contributed by atoms with E-state index >= 15 is 0 Å². The number of aromatic nitrogens is 2. The standard InChI is InChI=1S/C8H10ClN3/c1-12(6-2-3-6)7-4-5-10-8(9)11-7/h4-6H,2-3H2,1H3. The first-order chi connectivity index (χ1) is 5.77. The SMILES string of the molecule is CN(c1ccnc(Cl)n1)C1CC1. The second-order valence-electron chi connectivity index (χ2n) is 3.03. The molecule has 1 heterocycles. The minimum absolute atomic E-state index is 0.319. The van der Waals surface area contributed by atoms with Crippen LogP contribution in [0.2, 0.25) is 5.28 Å². The van der Waals surface area contributed by atoms with Crippen LogP contribution in [0.25, 0.3) is 0 Å². The Labute approximate surface area is 76.4 Å². The minimum Gasteiger partial charge on any atom is -0.357 e. The molecule has 1 aromatic heterocycles. The van der Waals surface area contributed by atoms with Crippen LogP contribution in [-0.4, -0.2) is 23.1 Å². The van der Waals surface area contributed by atoms with Gasteiger partial charge < -0.3 is 4.90 Å². The molecule has 0 unspecified atom stereocenters. The molecule has 12 heavy (non-hydrogen) atoms. The van der Waals surface area contributed by atoms with E-state index in [1.54, 1.807) is 6.20 Å². The van der Waals surface area contributed by atoms with E-state index in [2.05, 4.69) is 14.9 Å². The molecule has 1 fully saturated rings. The summed E-state index contributed by atoms with van der Waals surface area (Å²) in [6, 6.07) is 2.54. The van der Waals surface area contributed by atoms with E-state index in [4.69, 9.17) is 11.6 Å². The van der Waals surface area contributed by atoms with Gasteiger partial charge in [0.05, 0.1) is 0 Å². The normalized spacial score (nSPS) is 16.2. The Bertz CT molecular complexity index is 285. The summed E-state index contributed by atoms with van der Waals surface area (Å²) in [6.07, 6.45) is 4.21. The number of anilines is 1. The largest absolute Gasteiger partial charge is 0.357 e. The number of rotatable bonds is 2. The number of nitrogens with zero attached hydrogens (tertiary/aromatic N) is 3. The third-order valence-electron chi connectivity index (χ3n) is 2.07. The molecular weight excluding hydrogens is 174 g/mol. The van der Waals surface area contributed by atoms with E-state index in [0.29, 0.717) is 11.3 Å². The summed E-state index contributed by atoms with van der Waals surface area (Å²) in [5.41, 5.74) is 0. The van der Waals surface area contributed by atoms with Crippen LogP contribution in [0, 0.1) is 0 Å². The van der Waals surface area contributed by atoms with Crippen molar-refractivity contribution in [3.63, 3.8) is 0 Å². The summed E-state index contributed by atoms with van der Waals surface area (Å²) >= 11 is 5.67. The smallest absolute Gasteiger partial charge is 0.224 e. The molecule has 1 aliphatic carbocycles. The molecule has 4 heteroatoms. The van der Waals surface area contributed by atoms with E-state index in [0.717, 1.165) is 5.82 Å². The lowest BCUT2D eigenvalue weighted by Gasteiger charge is -2.16. The van der Waals surface area contributed by atoms with E-state index < -0.39 is 0 Å². The van der Waals surface area contributed by atoms with Gasteiger partial charge in [0, 0.05) is 19.3 Å². The summed E-state index contributed by atoms with van der Waals surface area (Å²) in [4.78, 5) is 10.1. The number of hydrogen-bond donors (Lipinski definition) is 0. The van der Waals surface area contributed by atoms with Crippen LogP contribution in [0.4, 0.5) is 5.82 Å². The van der Waals surface area contributed by atoms with Crippen LogP contribution in [-0.2, 0) is 0 Å². The van der Waals surface area contributed by atoms with Crippen LogP contribution >= 0.6 is 11.6 Å². The third-order valence-corrected chi connectivity index (χ3v) is 2.25. The highest BCUT2D eigenvalue weighted by Crippen LogP contribution is 2.28. The molecule has 0 amide bonds. The lowest BCUT2D eigenvalue weighted by molar-refractivity contribution is 0.885. The van der Waals surface area contributed by atoms with E-state index in [1.807, 2.05) is 13.1 Å². The topological polar surface area (TPSA) is 29.0 Å². The van der Waals surface area contributed by atoms with Gasteiger partial charge in [-0.15, -0.1) is 0 Å². The fourth-order valence-corrected chi connectivity index (χ4v) is 1.31. The molecule has 0 spiro atoms. The van der Waals surface area contributed by atoms with Crippen LogP contribution in [0.3, 0.4) is 0 Å². The molecule has 0 radical (unpaired) electrons. The van der Waals surface area contributed by atoms with Gasteiger partial charge in [0.1, 0.15) is 5.82 Å². The predicted octanol–water partition coefficient (Wildman–Crippen LogP) is 1.73. The Balaban J connectivity index is 2.20. The van der Waals surface area contributed by atoms with E-state index in [1.165, 1.54) is 12.8 Å². The molecule has 0 N–H and O–H groups in total. The quantitative estimate of drug-likeness (QED) is 0.654. The first-order valence-electron chi connectivity index (χ1n) is 3.99. The van der Waals surface area contributed by atoms with Crippen LogP contribution in [0.5, 0.6) is 0 Å². The maximum Gasteiger partial charge on any atom is 0.224 e. The Morgan fingerprint density at radius 1 is 1.58 bits per heavy atom. The molecule has 0 atom stereocenters. The zero-order chi connectivity index (χ0) is 8.55. The fraction of sp³-hybridized carbons (Fsp3) is 0.500. The van der Waals surface area contributed by atoms with Crippen molar-refractivity contribution in [3.8, 4) is 0 Å². The Hall–Kier alpha value is -0.830. The van der Waals surface area contributed by atoms with Gasteiger partial charge in [0.25, 0.3) is 0 Å². The van der Waals surface area contributed by atoms with E-state index in [-0.39, 0.29) is 0 Å². The fourth-order valence-electron chi connectivity index (χ4n) is 1.17. The van der Waals surface area contributed by atoms with Gasteiger partial charge in [0.2, 0.25) is 5.28 Å². The highest BCUT2D eigenvalue weighted by atomic mass is 35.5. The molecule has 0 bridgehead atoms. The third kappa shape index (κ3) is 1.50. The van der Waals surface area contributed by atoms with Crippen molar-refractivity contribution in [1.82, 2.24) is 9.97 Å². The Morgan fingerprint density at radius 3 is 2.92 bits per heavy atom. The number of halogens is 1. The molecule has 0 aliphatic heterocycles. The maximum atomic E-state index is 5.67. The average molecular weight is 184 g/mol. The van der Waals surface area contributed by atoms with Crippen molar-refractivity contribution >= 4 is 17.4 Å². The molecule has 2 rings (SSSR count). The van der Waals surface area contributed by atoms with Gasteiger partial charge in [-0.2, -0.15) is 0 Å². The minimum atomic E-state index is 0.319. The first kappa shape index (κ1) is 7.80. The molecule has 64 valence electrons. The highest BCUT2D eigenvalue weighted by molar-refractivity contribution is 6.28. The highest BCUT2D eigenvalue weighted by Gasteiger charge is 2.27. The lowest BCUT2D eigenvalue weighted by atomic mass is 10.5. The van der Waals surface area contributed by atoms with Gasteiger partial charge in [-0.25, -0.2) is 9.97 Å². The van der Waals surface area contributed by atoms with Gasteiger partial charge in [0.15, 0.2) is 0 Å². The lowest BCUT2D eigenvalue weighted by Crippen LogP contribution is -2.20. The zero-order valence-corrected chi connectivity index (χ0v) is 7.62. The van der Waals surface area contributed by atoms with E-state index in [9.17, 15) is 0 Å². The Morgan fingerprint density at radius 2 is 2.33 bits per heavy atom. The average Bonchev–Trinajstić information content (AvgIpc) is 2.85. The van der Waals surface area contributed by atoms with Crippen molar-refractivity contribution in [1.29, 1.82) is 0 Å². The Kier molecular flexibility index (Phi) is 1.89. The number of hydrogen-bond acceptors (Lipinski definition) is 3. The monoisotopic (exact) mass is 183 g/mol. The van der Waals surface area contributed by atoms with Crippen molar-refractivity contribution in [2.75, 3.05) is 11.9 Å². The van der Waals surface area contributed by atoms with Gasteiger partial charge in [-0.05, 0) is 30.5 Å². The van der Waals surface area contributed by atoms with Gasteiger partial charge in [-0.1, -0.05) is 0 Å². The molecule has 1 saturated carbocycles. The summed E-state index contributed by atoms with van der Waals surface area (Å²) in [7, 11) is 2.04. The predicted molar refractivity (Wildman–Crippen MR) is 48.5 cm³/mol. The van der Waals surface area contributed by atoms with Crippen molar-refractivity contribution in [2.45, 2.75) is 18.9 Å². The summed E-state index contributed by atoms with van der Waals surface area (Å²) in [5, 5.41) is 0.319. The van der Waals surface area contributed by atoms with Gasteiger partial charge in [-0.3, -0.25) is 0 Å². The summed E-state index contributed by atoms with van der Waals surface area (Å²) in [6.45, 7) is 0. The maximum absolute atomic E-state index is 5.67. The molecule has 3 nitrogen and oxygen atoms in total.